The van der Waals surface area contributed by atoms with Crippen molar-refractivity contribution in [3.63, 3.8) is 0 Å². The molecule has 9 heteroatoms. The van der Waals surface area contributed by atoms with Gasteiger partial charge >= 0.3 is 0 Å². The summed E-state index contributed by atoms with van der Waals surface area (Å²) in [4.78, 5) is 27.3. The fraction of sp³-hybridized carbons (Fsp3) is 0.200. The molecule has 0 aromatic heterocycles. The molecule has 0 aliphatic heterocycles. The highest BCUT2D eigenvalue weighted by Gasteiger charge is 2.22. The van der Waals surface area contributed by atoms with Crippen LogP contribution < -0.4 is 10.0 Å². The predicted molar refractivity (Wildman–Crippen MR) is 135 cm³/mol. The van der Waals surface area contributed by atoms with Crippen LogP contribution in [0, 0.1) is 6.92 Å². The van der Waals surface area contributed by atoms with Crippen molar-refractivity contribution in [2.24, 2.45) is 0 Å². The van der Waals surface area contributed by atoms with Crippen LogP contribution in [-0.2, 0) is 10.0 Å². The van der Waals surface area contributed by atoms with Crippen molar-refractivity contribution in [3.8, 4) is 0 Å². The number of sulfonamides is 1. The second kappa shape index (κ2) is 10.7. The van der Waals surface area contributed by atoms with E-state index in [0.717, 1.165) is 5.56 Å². The monoisotopic (exact) mass is 499 g/mol. The van der Waals surface area contributed by atoms with Gasteiger partial charge in [-0.2, -0.15) is 0 Å². The number of aryl methyl sites for hydroxylation is 1. The maximum absolute atomic E-state index is 13.0. The average molecular weight is 500 g/mol. The van der Waals surface area contributed by atoms with Gasteiger partial charge in [0.1, 0.15) is 4.90 Å². The maximum atomic E-state index is 13.0. The summed E-state index contributed by atoms with van der Waals surface area (Å²) in [6, 6.07) is 17.6. The summed E-state index contributed by atoms with van der Waals surface area (Å²) < 4.78 is 28.4. The van der Waals surface area contributed by atoms with Crippen LogP contribution in [0.25, 0.3) is 0 Å². The van der Waals surface area contributed by atoms with Crippen molar-refractivity contribution in [2.45, 2.75) is 25.7 Å². The van der Waals surface area contributed by atoms with E-state index in [4.69, 9.17) is 11.6 Å². The summed E-state index contributed by atoms with van der Waals surface area (Å²) in [6.07, 6.45) is 0. The first-order valence-electron chi connectivity index (χ1n) is 10.7. The molecule has 34 heavy (non-hydrogen) atoms. The molecule has 0 atom stereocenters. The predicted octanol–water partition coefficient (Wildman–Crippen LogP) is 5.18. The molecule has 0 fully saturated rings. The fourth-order valence-corrected chi connectivity index (χ4v) is 5.00. The molecule has 3 rings (SSSR count). The number of nitrogens with one attached hydrogen (secondary N) is 2. The van der Waals surface area contributed by atoms with Gasteiger partial charge in [-0.05, 0) is 68.8 Å². The number of rotatable bonds is 8. The molecule has 0 spiro atoms. The highest BCUT2D eigenvalue weighted by atomic mass is 35.5. The fourth-order valence-electron chi connectivity index (χ4n) is 3.42. The van der Waals surface area contributed by atoms with Crippen LogP contribution in [0.2, 0.25) is 5.02 Å². The second-order valence-corrected chi connectivity index (χ2v) is 9.66. The van der Waals surface area contributed by atoms with E-state index >= 15 is 0 Å². The number of halogens is 1. The molecule has 0 unspecified atom stereocenters. The third kappa shape index (κ3) is 5.76. The van der Waals surface area contributed by atoms with E-state index in [1.54, 1.807) is 47.4 Å². The number of carbonyl (C=O) groups excluding carboxylic acids is 2. The van der Waals surface area contributed by atoms with Gasteiger partial charge in [-0.3, -0.25) is 14.3 Å². The molecule has 0 saturated carbocycles. The lowest BCUT2D eigenvalue weighted by atomic mass is 10.1. The van der Waals surface area contributed by atoms with Crippen LogP contribution in [0.1, 0.15) is 40.1 Å². The number of benzene rings is 3. The van der Waals surface area contributed by atoms with Crippen molar-refractivity contribution >= 4 is 44.8 Å². The van der Waals surface area contributed by atoms with E-state index in [0.29, 0.717) is 30.0 Å². The Morgan fingerprint density at radius 3 is 2.32 bits per heavy atom. The van der Waals surface area contributed by atoms with Gasteiger partial charge in [-0.25, -0.2) is 8.42 Å². The van der Waals surface area contributed by atoms with Crippen molar-refractivity contribution < 1.29 is 18.0 Å². The summed E-state index contributed by atoms with van der Waals surface area (Å²) in [6.45, 7) is 6.67. The van der Waals surface area contributed by atoms with Crippen molar-refractivity contribution in [2.75, 3.05) is 23.1 Å². The van der Waals surface area contributed by atoms with Crippen LogP contribution in [0.4, 0.5) is 11.4 Å². The maximum Gasteiger partial charge on any atom is 0.263 e. The Hall–Kier alpha value is -3.36. The molecule has 0 radical (unpaired) electrons. The number of amides is 2. The van der Waals surface area contributed by atoms with Crippen molar-refractivity contribution in [1.82, 2.24) is 4.90 Å². The quantitative estimate of drug-likeness (QED) is 0.446. The van der Waals surface area contributed by atoms with Gasteiger partial charge in [0.05, 0.1) is 16.3 Å². The Labute approximate surface area is 204 Å². The number of hydrogen-bond donors (Lipinski definition) is 2. The normalized spacial score (nSPS) is 11.1. The summed E-state index contributed by atoms with van der Waals surface area (Å²) in [5, 5.41) is 2.70. The Kier molecular flexibility index (Phi) is 7.96. The zero-order chi connectivity index (χ0) is 24.9. The van der Waals surface area contributed by atoms with E-state index < -0.39 is 15.9 Å². The first kappa shape index (κ1) is 25.3. The van der Waals surface area contributed by atoms with Crippen molar-refractivity contribution in [1.29, 1.82) is 0 Å². The smallest absolute Gasteiger partial charge is 0.263 e. The van der Waals surface area contributed by atoms with Gasteiger partial charge < -0.3 is 10.2 Å². The van der Waals surface area contributed by atoms with E-state index in [1.165, 1.54) is 18.2 Å². The number of anilines is 2. The standard InChI is InChI=1S/C25H26ClN3O4S/c1-4-29(5-2)25(31)20-11-6-7-12-22(20)27-24(30)18-13-14-21(26)23(16-18)34(32,33)28-19-10-8-9-17(3)15-19/h6-16,28H,4-5H2,1-3H3,(H,27,30). The lowest BCUT2D eigenvalue weighted by Gasteiger charge is -2.20. The average Bonchev–Trinajstić information content (AvgIpc) is 2.80. The molecular weight excluding hydrogens is 474 g/mol. The summed E-state index contributed by atoms with van der Waals surface area (Å²) in [7, 11) is -4.05. The van der Waals surface area contributed by atoms with Crippen molar-refractivity contribution in [3.05, 3.63) is 88.4 Å². The molecule has 3 aromatic rings. The molecule has 0 aliphatic rings. The van der Waals surface area contributed by atoms with Gasteiger partial charge in [0.2, 0.25) is 0 Å². The van der Waals surface area contributed by atoms with Gasteiger partial charge in [0, 0.05) is 24.3 Å². The largest absolute Gasteiger partial charge is 0.339 e. The van der Waals surface area contributed by atoms with Crippen LogP contribution >= 0.6 is 11.6 Å². The number of para-hydroxylation sites is 1. The zero-order valence-electron chi connectivity index (χ0n) is 19.1. The van der Waals surface area contributed by atoms with E-state index in [9.17, 15) is 18.0 Å². The molecule has 178 valence electrons. The van der Waals surface area contributed by atoms with Crippen LogP contribution in [0.5, 0.6) is 0 Å². The Morgan fingerprint density at radius 2 is 1.65 bits per heavy atom. The highest BCUT2D eigenvalue weighted by Crippen LogP contribution is 2.26. The summed E-state index contributed by atoms with van der Waals surface area (Å²) in [5.41, 5.74) is 2.04. The topological polar surface area (TPSA) is 95.6 Å². The SMILES string of the molecule is CCN(CC)C(=O)c1ccccc1NC(=O)c1ccc(Cl)c(S(=O)(=O)Nc2cccc(C)c2)c1. The van der Waals surface area contributed by atoms with Gasteiger partial charge in [0.15, 0.2) is 0 Å². The lowest BCUT2D eigenvalue weighted by molar-refractivity contribution is 0.0774. The third-order valence-corrected chi connectivity index (χ3v) is 7.07. The third-order valence-electron chi connectivity index (χ3n) is 5.21. The second-order valence-electron chi connectivity index (χ2n) is 7.60. The molecule has 0 heterocycles. The highest BCUT2D eigenvalue weighted by molar-refractivity contribution is 7.92. The summed E-state index contributed by atoms with van der Waals surface area (Å²) in [5.74, 6) is -0.772. The molecule has 0 bridgehead atoms. The van der Waals surface area contributed by atoms with Gasteiger partial charge in [-0.15, -0.1) is 0 Å². The molecule has 0 aliphatic carbocycles. The first-order valence-corrected chi connectivity index (χ1v) is 12.6. The van der Waals surface area contributed by atoms with E-state index in [-0.39, 0.29) is 21.4 Å². The Bertz CT molecular complexity index is 1320. The molecule has 2 amide bonds. The Morgan fingerprint density at radius 1 is 0.941 bits per heavy atom. The van der Waals surface area contributed by atoms with E-state index in [1.807, 2.05) is 26.8 Å². The zero-order valence-corrected chi connectivity index (χ0v) is 20.7. The van der Waals surface area contributed by atoms with E-state index in [2.05, 4.69) is 10.0 Å². The Balaban J connectivity index is 1.89. The van der Waals surface area contributed by atoms with Gasteiger partial charge in [0.25, 0.3) is 21.8 Å². The van der Waals surface area contributed by atoms with Gasteiger partial charge in [-0.1, -0.05) is 35.9 Å². The lowest BCUT2D eigenvalue weighted by Crippen LogP contribution is -2.31. The summed E-state index contributed by atoms with van der Waals surface area (Å²) >= 11 is 6.18. The van der Waals surface area contributed by atoms with Crippen LogP contribution in [-0.4, -0.2) is 38.2 Å². The first-order chi connectivity index (χ1) is 16.2. The minimum atomic E-state index is -4.05. The molecule has 3 aromatic carbocycles. The van der Waals surface area contributed by atoms with Crippen LogP contribution in [0.3, 0.4) is 0 Å². The molecule has 2 N–H and O–H groups in total. The number of hydrogen-bond acceptors (Lipinski definition) is 4. The molecule has 0 saturated heterocycles. The number of carbonyl (C=O) groups is 2. The van der Waals surface area contributed by atoms with Crippen LogP contribution in [0.15, 0.2) is 71.6 Å². The molecule has 7 nitrogen and oxygen atoms in total. The minimum Gasteiger partial charge on any atom is -0.339 e. The molecular formula is C25H26ClN3O4S. The minimum absolute atomic E-state index is 0.0196. The number of nitrogens with zero attached hydrogens (tertiary/aromatic N) is 1.